The van der Waals surface area contributed by atoms with E-state index in [2.05, 4.69) is 92.1 Å². The van der Waals surface area contributed by atoms with Crippen LogP contribution in [0.1, 0.15) is 367 Å². The SMILES string of the molecule is CC/C=C\C/C=C\C/C=C\C/C=C\CCCCCCCCCCCCCCCCCCCCCCCCCCCCCCC(=O)NC(COC1OC(CO)C(O)C(O)C1O)C(O)/C=C/CC/C=C/CC/C=C/CCCCCCCCCCCCCCCCCC. The summed E-state index contributed by atoms with van der Waals surface area (Å²) in [5.41, 5.74) is 0. The lowest BCUT2D eigenvalue weighted by Crippen LogP contribution is -2.60. The zero-order valence-electron chi connectivity index (χ0n) is 58.9. The van der Waals surface area contributed by atoms with Crippen LogP contribution in [0.3, 0.4) is 0 Å². The third-order valence-electron chi connectivity index (χ3n) is 18.2. The first kappa shape index (κ1) is 85.4. The van der Waals surface area contributed by atoms with Crippen LogP contribution in [0.15, 0.2) is 85.1 Å². The van der Waals surface area contributed by atoms with Gasteiger partial charge in [0.05, 0.1) is 25.4 Å². The number of carbonyl (C=O) groups excluding carboxylic acids is 1. The zero-order valence-corrected chi connectivity index (χ0v) is 58.9. The number of unbranched alkanes of at least 4 members (excludes halogenated alkanes) is 46. The van der Waals surface area contributed by atoms with E-state index in [1.165, 1.54) is 276 Å². The van der Waals surface area contributed by atoms with Crippen LogP contribution in [-0.4, -0.2) is 87.5 Å². The first-order chi connectivity index (χ1) is 44.3. The van der Waals surface area contributed by atoms with Crippen molar-refractivity contribution >= 4 is 5.91 Å². The van der Waals surface area contributed by atoms with Crippen LogP contribution in [0.2, 0.25) is 0 Å². The third kappa shape index (κ3) is 56.9. The monoisotopic (exact) mass is 1260 g/mol. The van der Waals surface area contributed by atoms with Gasteiger partial charge in [0.25, 0.3) is 0 Å². The van der Waals surface area contributed by atoms with Gasteiger partial charge in [0.15, 0.2) is 6.29 Å². The minimum atomic E-state index is -1.58. The molecule has 0 bridgehead atoms. The summed E-state index contributed by atoms with van der Waals surface area (Å²) in [7, 11) is 0. The van der Waals surface area contributed by atoms with E-state index in [-0.39, 0.29) is 12.5 Å². The number of carbonyl (C=O) groups is 1. The Bertz CT molecular complexity index is 1700. The van der Waals surface area contributed by atoms with E-state index in [0.717, 1.165) is 70.6 Å². The molecule has 0 aliphatic carbocycles. The molecule has 1 rings (SSSR count). The Labute approximate surface area is 556 Å². The minimum Gasteiger partial charge on any atom is -0.394 e. The zero-order chi connectivity index (χ0) is 64.9. The van der Waals surface area contributed by atoms with Gasteiger partial charge < -0.3 is 40.3 Å². The fourth-order valence-electron chi connectivity index (χ4n) is 12.2. The summed E-state index contributed by atoms with van der Waals surface area (Å²) in [4.78, 5) is 13.2. The Kier molecular flexibility index (Phi) is 65.7. The molecule has 0 radical (unpaired) electrons. The average molecular weight is 1260 g/mol. The number of aliphatic hydroxyl groups is 5. The molecule has 0 aromatic rings. The Morgan fingerprint density at radius 3 is 1.07 bits per heavy atom. The lowest BCUT2D eigenvalue weighted by Gasteiger charge is -2.40. The van der Waals surface area contributed by atoms with E-state index >= 15 is 0 Å². The van der Waals surface area contributed by atoms with Crippen molar-refractivity contribution in [2.75, 3.05) is 13.2 Å². The van der Waals surface area contributed by atoms with Gasteiger partial charge in [-0.1, -0.05) is 362 Å². The predicted octanol–water partition coefficient (Wildman–Crippen LogP) is 22.0. The molecule has 0 saturated carbocycles. The highest BCUT2D eigenvalue weighted by Crippen LogP contribution is 2.24. The van der Waals surface area contributed by atoms with Gasteiger partial charge in [-0.15, -0.1) is 0 Å². The van der Waals surface area contributed by atoms with E-state index in [4.69, 9.17) is 9.47 Å². The van der Waals surface area contributed by atoms with Crippen molar-refractivity contribution in [1.29, 1.82) is 0 Å². The third-order valence-corrected chi connectivity index (χ3v) is 18.2. The Morgan fingerprint density at radius 2 is 0.700 bits per heavy atom. The van der Waals surface area contributed by atoms with E-state index in [1.807, 2.05) is 6.08 Å². The number of allylic oxidation sites excluding steroid dienone is 13. The normalized spacial score (nSPS) is 18.2. The van der Waals surface area contributed by atoms with Crippen molar-refractivity contribution in [3.8, 4) is 0 Å². The molecule has 0 aromatic carbocycles. The standard InChI is InChI=1S/C81H147NO8/c1-3-5-7-9-11-13-15-17-19-21-23-25-27-29-31-32-33-34-35-36-37-38-39-40-41-42-43-44-45-47-49-51-53-55-57-59-61-63-65-67-69-71-77(85)82-74(73-89-81-80(88)79(87)78(86)76(72-83)90-81)75(84)70-68-66-64-62-60-58-56-54-52-50-48-46-30-28-26-24-22-20-18-16-14-12-10-8-6-4-2/h5,7,11,13,17,19,23,25,52,54,60,62,68,70,74-76,78-81,83-84,86-88H,3-4,6,8-10,12,14-16,18,20-22,24,26-51,53,55-59,61,63-67,69,71-73H2,1-2H3,(H,82,85)/b7-5-,13-11-,19-17-,25-23-,54-52+,62-60+,70-68+. The number of ether oxygens (including phenoxy) is 2. The Balaban J connectivity index is 2.07. The van der Waals surface area contributed by atoms with Gasteiger partial charge in [-0.25, -0.2) is 0 Å². The smallest absolute Gasteiger partial charge is 0.220 e. The molecule has 524 valence electrons. The quantitative estimate of drug-likeness (QED) is 0.0261. The summed E-state index contributed by atoms with van der Waals surface area (Å²) in [5.74, 6) is -0.185. The maximum atomic E-state index is 13.2. The summed E-state index contributed by atoms with van der Waals surface area (Å²) < 4.78 is 11.3. The van der Waals surface area contributed by atoms with E-state index in [0.29, 0.717) is 6.42 Å². The van der Waals surface area contributed by atoms with Gasteiger partial charge in [-0.05, 0) is 83.5 Å². The van der Waals surface area contributed by atoms with Crippen LogP contribution >= 0.6 is 0 Å². The molecule has 1 aliphatic rings. The molecule has 1 aliphatic heterocycles. The number of hydrogen-bond acceptors (Lipinski definition) is 8. The number of aliphatic hydroxyl groups excluding tert-OH is 5. The molecule has 1 fully saturated rings. The molecular weight excluding hydrogens is 1110 g/mol. The maximum absolute atomic E-state index is 13.2. The fraction of sp³-hybridized carbons (Fsp3) is 0.815. The van der Waals surface area contributed by atoms with Crippen LogP contribution in [0.4, 0.5) is 0 Å². The molecule has 7 unspecified atom stereocenters. The van der Waals surface area contributed by atoms with Crippen molar-refractivity contribution in [2.24, 2.45) is 0 Å². The molecule has 6 N–H and O–H groups in total. The number of hydrogen-bond donors (Lipinski definition) is 6. The van der Waals surface area contributed by atoms with Gasteiger partial charge in [-0.2, -0.15) is 0 Å². The molecule has 1 saturated heterocycles. The van der Waals surface area contributed by atoms with Crippen LogP contribution in [0, 0.1) is 0 Å². The van der Waals surface area contributed by atoms with Gasteiger partial charge in [-0.3, -0.25) is 4.79 Å². The maximum Gasteiger partial charge on any atom is 0.220 e. The fourth-order valence-corrected chi connectivity index (χ4v) is 12.2. The van der Waals surface area contributed by atoms with E-state index in [1.54, 1.807) is 6.08 Å². The summed E-state index contributed by atoms with van der Waals surface area (Å²) in [5, 5.41) is 54.8. The van der Waals surface area contributed by atoms with Gasteiger partial charge in [0.2, 0.25) is 5.91 Å². The summed E-state index contributed by atoms with van der Waals surface area (Å²) in [6, 6.07) is -0.831. The highest BCUT2D eigenvalue weighted by Gasteiger charge is 2.44. The van der Waals surface area contributed by atoms with E-state index < -0.39 is 49.5 Å². The van der Waals surface area contributed by atoms with Crippen LogP contribution < -0.4 is 5.32 Å². The van der Waals surface area contributed by atoms with Crippen LogP contribution in [-0.2, 0) is 14.3 Å². The lowest BCUT2D eigenvalue weighted by molar-refractivity contribution is -0.302. The molecular formula is C81H147NO8. The second kappa shape index (κ2) is 69.2. The second-order valence-electron chi connectivity index (χ2n) is 26.8. The molecule has 9 nitrogen and oxygen atoms in total. The highest BCUT2D eigenvalue weighted by molar-refractivity contribution is 5.76. The molecule has 90 heavy (non-hydrogen) atoms. The summed E-state index contributed by atoms with van der Waals surface area (Å²) >= 11 is 0. The van der Waals surface area contributed by atoms with Crippen molar-refractivity contribution in [3.05, 3.63) is 85.1 Å². The van der Waals surface area contributed by atoms with Gasteiger partial charge in [0, 0.05) is 6.42 Å². The first-order valence-corrected chi connectivity index (χ1v) is 38.8. The highest BCUT2D eigenvalue weighted by atomic mass is 16.7. The molecule has 0 aromatic heterocycles. The largest absolute Gasteiger partial charge is 0.394 e. The Hall–Kier alpha value is -2.63. The second-order valence-corrected chi connectivity index (χ2v) is 26.8. The Morgan fingerprint density at radius 1 is 0.389 bits per heavy atom. The van der Waals surface area contributed by atoms with Crippen LogP contribution in [0.5, 0.6) is 0 Å². The molecule has 9 heteroatoms. The van der Waals surface area contributed by atoms with Crippen molar-refractivity contribution in [3.63, 3.8) is 0 Å². The van der Waals surface area contributed by atoms with Crippen molar-refractivity contribution in [2.45, 2.75) is 410 Å². The molecule has 1 heterocycles. The van der Waals surface area contributed by atoms with Gasteiger partial charge >= 0.3 is 0 Å². The minimum absolute atomic E-state index is 0.185. The number of rotatable bonds is 68. The van der Waals surface area contributed by atoms with Gasteiger partial charge in [0.1, 0.15) is 24.4 Å². The topological polar surface area (TPSA) is 149 Å². The summed E-state index contributed by atoms with van der Waals surface area (Å²) in [6.45, 7) is 3.69. The predicted molar refractivity (Wildman–Crippen MR) is 387 cm³/mol. The average Bonchev–Trinajstić information content (AvgIpc) is 1.28. The molecule has 0 spiro atoms. The number of nitrogens with one attached hydrogen (secondary N) is 1. The number of amides is 1. The lowest BCUT2D eigenvalue weighted by atomic mass is 9.99. The first-order valence-electron chi connectivity index (χ1n) is 38.8. The summed E-state index contributed by atoms with van der Waals surface area (Å²) in [6.07, 6.45) is 93.0. The van der Waals surface area contributed by atoms with E-state index in [9.17, 15) is 30.3 Å². The molecule has 7 atom stereocenters. The molecule has 1 amide bonds. The van der Waals surface area contributed by atoms with Crippen LogP contribution in [0.25, 0.3) is 0 Å². The van der Waals surface area contributed by atoms with Crippen molar-refractivity contribution in [1.82, 2.24) is 5.32 Å². The van der Waals surface area contributed by atoms with Crippen molar-refractivity contribution < 1.29 is 39.8 Å².